The second-order valence-corrected chi connectivity index (χ2v) is 9.68. The number of amides is 1. The van der Waals surface area contributed by atoms with E-state index in [2.05, 4.69) is 41.6 Å². The van der Waals surface area contributed by atoms with Gasteiger partial charge in [0.05, 0.1) is 24.5 Å². The summed E-state index contributed by atoms with van der Waals surface area (Å²) in [5, 5.41) is 24.4. The van der Waals surface area contributed by atoms with Crippen LogP contribution in [0.1, 0.15) is 48.0 Å². The number of aromatic nitrogens is 5. The van der Waals surface area contributed by atoms with Gasteiger partial charge in [0.15, 0.2) is 5.78 Å². The normalized spacial score (nSPS) is 11.3. The van der Waals surface area contributed by atoms with Crippen molar-refractivity contribution in [3.8, 4) is 11.5 Å². The first-order valence-corrected chi connectivity index (χ1v) is 11.8. The van der Waals surface area contributed by atoms with Crippen molar-refractivity contribution in [1.82, 2.24) is 30.5 Å². The number of rotatable bonds is 9. The van der Waals surface area contributed by atoms with Gasteiger partial charge in [0.2, 0.25) is 5.82 Å². The van der Waals surface area contributed by atoms with Crippen molar-refractivity contribution < 1.29 is 29.0 Å². The minimum Gasteiger partial charge on any atom is -0.462 e. The number of hydrogen-bond acceptors (Lipinski definition) is 9. The molecule has 2 aromatic heterocycles. The number of aliphatic hydroxyl groups is 1. The smallest absolute Gasteiger partial charge is 0.408 e. The summed E-state index contributed by atoms with van der Waals surface area (Å²) in [5.41, 5.74) is 1.49. The Morgan fingerprint density at radius 1 is 1.25 bits per heavy atom. The number of ether oxygens (including phenoxy) is 2. The molecule has 0 unspecified atom stereocenters. The summed E-state index contributed by atoms with van der Waals surface area (Å²) in [6.45, 7) is 6.21. The van der Waals surface area contributed by atoms with E-state index in [1.807, 2.05) is 6.07 Å². The zero-order chi connectivity index (χ0) is 26.5. The predicted octanol–water partition coefficient (Wildman–Crippen LogP) is 2.53. The van der Waals surface area contributed by atoms with Gasteiger partial charge in [-0.15, -0.1) is 10.2 Å². The van der Waals surface area contributed by atoms with Gasteiger partial charge in [-0.1, -0.05) is 28.1 Å². The minimum absolute atomic E-state index is 0.0527. The van der Waals surface area contributed by atoms with Crippen LogP contribution in [0, 0.1) is 6.92 Å². The number of benzene rings is 1. The fourth-order valence-corrected chi connectivity index (χ4v) is 3.67. The fraction of sp³-hybridized carbons (Fsp3) is 0.391. The molecular formula is C23H27BrN6O6. The van der Waals surface area contributed by atoms with Gasteiger partial charge in [0.1, 0.15) is 18.8 Å². The molecule has 0 spiro atoms. The minimum atomic E-state index is -0.719. The SMILES string of the molecule is Cc1c(-c2nnn(CCOC(=O)CNC(=O)OC(C)(C)C)n2)[nH]c(CO)c1C(=O)c1cccc(Br)c1. The van der Waals surface area contributed by atoms with Gasteiger partial charge < -0.3 is 24.9 Å². The first-order valence-electron chi connectivity index (χ1n) is 11.0. The molecule has 0 aliphatic rings. The maximum atomic E-state index is 13.1. The van der Waals surface area contributed by atoms with Gasteiger partial charge in [-0.05, 0) is 50.6 Å². The van der Waals surface area contributed by atoms with Crippen molar-refractivity contribution in [2.75, 3.05) is 13.2 Å². The molecule has 0 radical (unpaired) electrons. The van der Waals surface area contributed by atoms with Crippen molar-refractivity contribution in [2.24, 2.45) is 0 Å². The molecule has 0 bridgehead atoms. The topological polar surface area (TPSA) is 161 Å². The number of hydrogen-bond donors (Lipinski definition) is 3. The molecule has 3 N–H and O–H groups in total. The van der Waals surface area contributed by atoms with Crippen LogP contribution in [0.5, 0.6) is 0 Å². The van der Waals surface area contributed by atoms with E-state index in [0.717, 1.165) is 4.47 Å². The van der Waals surface area contributed by atoms with E-state index < -0.39 is 17.7 Å². The number of nitrogens with one attached hydrogen (secondary N) is 2. The van der Waals surface area contributed by atoms with Gasteiger partial charge in [-0.3, -0.25) is 9.59 Å². The van der Waals surface area contributed by atoms with Crippen LogP contribution in [0.25, 0.3) is 11.5 Å². The highest BCUT2D eigenvalue weighted by molar-refractivity contribution is 9.10. The summed E-state index contributed by atoms with van der Waals surface area (Å²) < 4.78 is 10.9. The predicted molar refractivity (Wildman–Crippen MR) is 131 cm³/mol. The Labute approximate surface area is 215 Å². The van der Waals surface area contributed by atoms with Crippen LogP contribution in [0.3, 0.4) is 0 Å². The van der Waals surface area contributed by atoms with Crippen molar-refractivity contribution in [2.45, 2.75) is 46.4 Å². The van der Waals surface area contributed by atoms with E-state index in [0.29, 0.717) is 28.1 Å². The lowest BCUT2D eigenvalue weighted by atomic mass is 9.99. The van der Waals surface area contributed by atoms with Gasteiger partial charge in [-0.2, -0.15) is 4.80 Å². The highest BCUT2D eigenvalue weighted by atomic mass is 79.9. The van der Waals surface area contributed by atoms with E-state index in [1.165, 1.54) is 4.80 Å². The van der Waals surface area contributed by atoms with Crippen molar-refractivity contribution in [3.05, 3.63) is 51.1 Å². The standard InChI is InChI=1S/C23H27BrN6O6/c1-13-18(20(33)14-6-5-7-15(24)10-14)16(12-31)26-19(13)21-27-29-30(28-21)8-9-35-17(32)11-25-22(34)36-23(2,3)4/h5-7,10,26,31H,8-9,11-12H2,1-4H3,(H,25,34). The van der Waals surface area contributed by atoms with Crippen LogP contribution in [0.15, 0.2) is 28.7 Å². The largest absolute Gasteiger partial charge is 0.462 e. The second-order valence-electron chi connectivity index (χ2n) is 8.76. The molecule has 12 nitrogen and oxygen atoms in total. The lowest BCUT2D eigenvalue weighted by Gasteiger charge is -2.19. The molecule has 0 saturated carbocycles. The molecule has 192 valence electrons. The van der Waals surface area contributed by atoms with E-state index in [1.54, 1.807) is 45.9 Å². The Morgan fingerprint density at radius 2 is 2.00 bits per heavy atom. The number of aliphatic hydroxyl groups excluding tert-OH is 1. The lowest BCUT2D eigenvalue weighted by Crippen LogP contribution is -2.36. The summed E-state index contributed by atoms with van der Waals surface area (Å²) in [4.78, 5) is 40.8. The molecule has 1 aromatic carbocycles. The first-order chi connectivity index (χ1) is 17.0. The summed E-state index contributed by atoms with van der Waals surface area (Å²) in [6.07, 6.45) is -0.719. The van der Waals surface area contributed by atoms with Crippen LogP contribution >= 0.6 is 15.9 Å². The van der Waals surface area contributed by atoms with E-state index in [9.17, 15) is 19.5 Å². The Balaban J connectivity index is 1.62. The average Bonchev–Trinajstić information content (AvgIpc) is 3.40. The molecule has 3 rings (SSSR count). The quantitative estimate of drug-likeness (QED) is 0.262. The fourth-order valence-electron chi connectivity index (χ4n) is 3.27. The number of nitrogens with zero attached hydrogens (tertiary/aromatic N) is 4. The molecule has 3 aromatic rings. The van der Waals surface area contributed by atoms with Crippen LogP contribution in [-0.4, -0.2) is 66.9 Å². The summed E-state index contributed by atoms with van der Waals surface area (Å²) in [6, 6.07) is 6.97. The van der Waals surface area contributed by atoms with E-state index in [-0.39, 0.29) is 37.9 Å². The molecular weight excluding hydrogens is 536 g/mol. The van der Waals surface area contributed by atoms with Crippen LogP contribution in [0.4, 0.5) is 4.79 Å². The highest BCUT2D eigenvalue weighted by Crippen LogP contribution is 2.28. The average molecular weight is 563 g/mol. The number of alkyl carbamates (subject to hydrolysis) is 1. The number of tetrazole rings is 1. The van der Waals surface area contributed by atoms with E-state index in [4.69, 9.17) is 9.47 Å². The number of esters is 1. The molecule has 13 heteroatoms. The number of carbonyl (C=O) groups is 3. The zero-order valence-electron chi connectivity index (χ0n) is 20.3. The summed E-state index contributed by atoms with van der Waals surface area (Å²) >= 11 is 3.36. The number of halogens is 1. The van der Waals surface area contributed by atoms with Gasteiger partial charge >= 0.3 is 12.1 Å². The summed E-state index contributed by atoms with van der Waals surface area (Å²) in [5.74, 6) is -0.683. The third-order valence-corrected chi connectivity index (χ3v) is 5.30. The Bertz CT molecular complexity index is 1260. The number of carbonyl (C=O) groups excluding carboxylic acids is 3. The van der Waals surface area contributed by atoms with Crippen molar-refractivity contribution in [3.63, 3.8) is 0 Å². The summed E-state index contributed by atoms with van der Waals surface area (Å²) in [7, 11) is 0. The van der Waals surface area contributed by atoms with Crippen molar-refractivity contribution >= 4 is 33.8 Å². The molecule has 0 aliphatic carbocycles. The number of H-pyrrole nitrogens is 1. The molecule has 2 heterocycles. The molecule has 36 heavy (non-hydrogen) atoms. The Morgan fingerprint density at radius 3 is 2.67 bits per heavy atom. The van der Waals surface area contributed by atoms with Gasteiger partial charge in [0.25, 0.3) is 0 Å². The lowest BCUT2D eigenvalue weighted by molar-refractivity contribution is -0.142. The third kappa shape index (κ3) is 6.98. The molecule has 0 aliphatic heterocycles. The van der Waals surface area contributed by atoms with Crippen LogP contribution in [-0.2, 0) is 27.4 Å². The molecule has 0 saturated heterocycles. The number of ketones is 1. The Kier molecular flexibility index (Phi) is 8.58. The Hall–Kier alpha value is -3.58. The maximum absolute atomic E-state index is 13.1. The third-order valence-electron chi connectivity index (χ3n) is 4.81. The zero-order valence-corrected chi connectivity index (χ0v) is 21.9. The van der Waals surface area contributed by atoms with Crippen LogP contribution < -0.4 is 5.32 Å². The van der Waals surface area contributed by atoms with E-state index >= 15 is 0 Å². The second kappa shape index (κ2) is 11.4. The molecule has 1 amide bonds. The number of aromatic amines is 1. The highest BCUT2D eigenvalue weighted by Gasteiger charge is 2.24. The molecule has 0 fully saturated rings. The van der Waals surface area contributed by atoms with Gasteiger partial charge in [-0.25, -0.2) is 4.79 Å². The monoisotopic (exact) mass is 562 g/mol. The van der Waals surface area contributed by atoms with Crippen LogP contribution in [0.2, 0.25) is 0 Å². The van der Waals surface area contributed by atoms with Gasteiger partial charge in [0, 0.05) is 15.6 Å². The maximum Gasteiger partial charge on any atom is 0.408 e. The molecule has 0 atom stereocenters. The van der Waals surface area contributed by atoms with Crippen molar-refractivity contribution in [1.29, 1.82) is 0 Å². The first kappa shape index (κ1) is 27.0.